The average molecular weight is 404 g/mol. The molecule has 0 radical (unpaired) electrons. The van der Waals surface area contributed by atoms with E-state index in [9.17, 15) is 9.59 Å². The second-order valence-corrected chi connectivity index (χ2v) is 6.43. The first-order chi connectivity index (χ1) is 12.5. The molecule has 2 aromatic carbocycles. The standard InChI is InChI=1S/C21H23N3O2.ClH.H2O/c1-4-5-12-22-20(25)16-10-11-17-18(13-16)23-15(3)24(21(17)26)19-9-7-6-8-14(19)2;;/h6-11,13H,4-5,12H2,1-3H3,(H,22,25);1H;1H2. The van der Waals surface area contributed by atoms with E-state index in [1.165, 1.54) is 0 Å². The van der Waals surface area contributed by atoms with E-state index in [0.717, 1.165) is 24.1 Å². The van der Waals surface area contributed by atoms with Gasteiger partial charge in [-0.3, -0.25) is 14.2 Å². The fourth-order valence-corrected chi connectivity index (χ4v) is 3.02. The van der Waals surface area contributed by atoms with E-state index < -0.39 is 0 Å². The highest BCUT2D eigenvalue weighted by Gasteiger charge is 2.13. The van der Waals surface area contributed by atoms with E-state index in [2.05, 4.69) is 17.2 Å². The van der Waals surface area contributed by atoms with Crippen molar-refractivity contribution >= 4 is 29.2 Å². The van der Waals surface area contributed by atoms with Crippen LogP contribution in [0.5, 0.6) is 0 Å². The fourth-order valence-electron chi connectivity index (χ4n) is 3.02. The van der Waals surface area contributed by atoms with Crippen LogP contribution in [0.25, 0.3) is 16.6 Å². The molecule has 1 heterocycles. The van der Waals surface area contributed by atoms with Gasteiger partial charge in [0.15, 0.2) is 0 Å². The molecule has 0 saturated carbocycles. The third kappa shape index (κ3) is 4.58. The maximum absolute atomic E-state index is 13.0. The number of hydrogen-bond donors (Lipinski definition) is 1. The number of nitrogens with one attached hydrogen (secondary N) is 1. The first-order valence-corrected chi connectivity index (χ1v) is 8.90. The van der Waals surface area contributed by atoms with Crippen molar-refractivity contribution in [2.45, 2.75) is 33.6 Å². The quantitative estimate of drug-likeness (QED) is 0.663. The summed E-state index contributed by atoms with van der Waals surface area (Å²) in [5.41, 5.74) is 2.77. The molecule has 0 aliphatic carbocycles. The van der Waals surface area contributed by atoms with Crippen LogP contribution in [-0.4, -0.2) is 27.5 Å². The van der Waals surface area contributed by atoms with E-state index in [1.54, 1.807) is 29.7 Å². The van der Waals surface area contributed by atoms with Crippen LogP contribution in [0.4, 0.5) is 0 Å². The van der Waals surface area contributed by atoms with Crippen LogP contribution in [0, 0.1) is 13.8 Å². The van der Waals surface area contributed by atoms with Crippen molar-refractivity contribution in [3.05, 3.63) is 69.8 Å². The molecule has 0 saturated heterocycles. The smallest absolute Gasteiger partial charge is 0.265 e. The van der Waals surface area contributed by atoms with Gasteiger partial charge in [-0.05, 0) is 50.1 Å². The fraction of sp³-hybridized carbons (Fsp3) is 0.286. The minimum atomic E-state index is -0.136. The van der Waals surface area contributed by atoms with Crippen LogP contribution < -0.4 is 10.9 Å². The largest absolute Gasteiger partial charge is 0.412 e. The van der Waals surface area contributed by atoms with Crippen molar-refractivity contribution in [1.29, 1.82) is 0 Å². The molecule has 0 aliphatic rings. The summed E-state index contributed by atoms with van der Waals surface area (Å²) in [6.07, 6.45) is 1.97. The molecule has 0 atom stereocenters. The van der Waals surface area contributed by atoms with Crippen molar-refractivity contribution in [3.63, 3.8) is 0 Å². The van der Waals surface area contributed by atoms with E-state index in [1.807, 2.05) is 31.2 Å². The monoisotopic (exact) mass is 403 g/mol. The molecule has 1 amide bonds. The lowest BCUT2D eigenvalue weighted by Gasteiger charge is -2.13. The molecule has 0 aliphatic heterocycles. The molecule has 6 nitrogen and oxygen atoms in total. The molecule has 3 aromatic rings. The normalized spacial score (nSPS) is 10.1. The van der Waals surface area contributed by atoms with Crippen LogP contribution >= 0.6 is 12.4 Å². The predicted molar refractivity (Wildman–Crippen MR) is 115 cm³/mol. The maximum atomic E-state index is 13.0. The molecule has 0 unspecified atom stereocenters. The summed E-state index contributed by atoms with van der Waals surface area (Å²) < 4.78 is 1.62. The average Bonchev–Trinajstić information content (AvgIpc) is 2.63. The van der Waals surface area contributed by atoms with Gasteiger partial charge < -0.3 is 10.8 Å². The number of fused-ring (bicyclic) bond motifs is 1. The first-order valence-electron chi connectivity index (χ1n) is 8.90. The summed E-state index contributed by atoms with van der Waals surface area (Å²) in [6, 6.07) is 12.8. The van der Waals surface area contributed by atoms with Crippen molar-refractivity contribution in [3.8, 4) is 5.69 Å². The summed E-state index contributed by atoms with van der Waals surface area (Å²) in [4.78, 5) is 29.8. The number of aromatic nitrogens is 2. The Morgan fingerprint density at radius 3 is 2.54 bits per heavy atom. The minimum absolute atomic E-state index is 0. The molecule has 0 spiro atoms. The summed E-state index contributed by atoms with van der Waals surface area (Å²) in [7, 11) is 0. The molecular weight excluding hydrogens is 378 g/mol. The lowest BCUT2D eigenvalue weighted by Crippen LogP contribution is -2.25. The van der Waals surface area contributed by atoms with E-state index in [0.29, 0.717) is 28.8 Å². The zero-order chi connectivity index (χ0) is 18.7. The summed E-state index contributed by atoms with van der Waals surface area (Å²) in [6.45, 7) is 6.50. The van der Waals surface area contributed by atoms with Crippen LogP contribution in [0.2, 0.25) is 0 Å². The van der Waals surface area contributed by atoms with Gasteiger partial charge in [0.05, 0.1) is 16.6 Å². The van der Waals surface area contributed by atoms with Gasteiger partial charge in [0.2, 0.25) is 0 Å². The highest BCUT2D eigenvalue weighted by atomic mass is 35.5. The molecule has 1 aromatic heterocycles. The molecular formula is C21H26ClN3O3. The Bertz CT molecular complexity index is 1030. The molecule has 150 valence electrons. The summed E-state index contributed by atoms with van der Waals surface area (Å²) in [5.74, 6) is 0.461. The molecule has 0 fully saturated rings. The topological polar surface area (TPSA) is 95.5 Å². The molecule has 3 N–H and O–H groups in total. The van der Waals surface area contributed by atoms with Gasteiger partial charge in [0.1, 0.15) is 5.82 Å². The predicted octanol–water partition coefficient (Wildman–Crippen LogP) is 3.13. The highest BCUT2D eigenvalue weighted by Crippen LogP contribution is 2.17. The molecule has 3 rings (SSSR count). The number of amides is 1. The summed E-state index contributed by atoms with van der Waals surface area (Å²) >= 11 is 0. The summed E-state index contributed by atoms with van der Waals surface area (Å²) in [5, 5.41) is 3.39. The van der Waals surface area contributed by atoms with Crippen molar-refractivity contribution in [2.24, 2.45) is 0 Å². The number of hydrogen-bond acceptors (Lipinski definition) is 3. The van der Waals surface area contributed by atoms with Crippen molar-refractivity contribution < 1.29 is 10.3 Å². The van der Waals surface area contributed by atoms with Crippen LogP contribution in [0.3, 0.4) is 0 Å². The maximum Gasteiger partial charge on any atom is 0.265 e. The Labute approximate surface area is 170 Å². The Hall–Kier alpha value is -2.70. The SMILES string of the molecule is CCCCNC(=O)c1ccc2c(=O)n(-c3ccccc3C)c(C)nc2c1.Cl.O. The van der Waals surface area contributed by atoms with E-state index >= 15 is 0 Å². The third-order valence-corrected chi connectivity index (χ3v) is 4.47. The lowest BCUT2D eigenvalue weighted by atomic mass is 10.1. The Morgan fingerprint density at radius 2 is 1.86 bits per heavy atom. The zero-order valence-corrected chi connectivity index (χ0v) is 17.1. The van der Waals surface area contributed by atoms with Crippen molar-refractivity contribution in [1.82, 2.24) is 14.9 Å². The second-order valence-electron chi connectivity index (χ2n) is 6.43. The van der Waals surface area contributed by atoms with Gasteiger partial charge in [0, 0.05) is 12.1 Å². The highest BCUT2D eigenvalue weighted by molar-refractivity contribution is 5.97. The number of carbonyl (C=O) groups excluding carboxylic acids is 1. The Morgan fingerprint density at radius 1 is 1.14 bits per heavy atom. The number of nitrogens with zero attached hydrogens (tertiary/aromatic N) is 2. The Balaban J connectivity index is 0.00000196. The van der Waals surface area contributed by atoms with Gasteiger partial charge in [-0.25, -0.2) is 4.98 Å². The number of halogens is 1. The number of aryl methyl sites for hydroxylation is 2. The number of benzene rings is 2. The lowest BCUT2D eigenvalue weighted by molar-refractivity contribution is 0.0953. The second kappa shape index (κ2) is 10.0. The van der Waals surface area contributed by atoms with E-state index in [4.69, 9.17) is 0 Å². The Kier molecular flexibility index (Phi) is 8.35. The molecule has 0 bridgehead atoms. The first kappa shape index (κ1) is 23.3. The third-order valence-electron chi connectivity index (χ3n) is 4.47. The van der Waals surface area contributed by atoms with Crippen LogP contribution in [0.15, 0.2) is 47.3 Å². The molecule has 28 heavy (non-hydrogen) atoms. The van der Waals surface area contributed by atoms with Gasteiger partial charge >= 0.3 is 0 Å². The van der Waals surface area contributed by atoms with Gasteiger partial charge in [-0.2, -0.15) is 0 Å². The molecule has 7 heteroatoms. The van der Waals surface area contributed by atoms with Gasteiger partial charge in [-0.15, -0.1) is 12.4 Å². The number of carbonyl (C=O) groups is 1. The number of unbranched alkanes of at least 4 members (excludes halogenated alkanes) is 1. The van der Waals surface area contributed by atoms with Crippen LogP contribution in [0.1, 0.15) is 41.5 Å². The van der Waals surface area contributed by atoms with Gasteiger partial charge in [-0.1, -0.05) is 31.5 Å². The zero-order valence-electron chi connectivity index (χ0n) is 16.3. The number of rotatable bonds is 5. The van der Waals surface area contributed by atoms with E-state index in [-0.39, 0.29) is 29.3 Å². The minimum Gasteiger partial charge on any atom is -0.412 e. The van der Waals surface area contributed by atoms with Crippen LogP contribution in [-0.2, 0) is 0 Å². The van der Waals surface area contributed by atoms with Crippen molar-refractivity contribution in [2.75, 3.05) is 6.54 Å². The number of para-hydroxylation sites is 1. The van der Waals surface area contributed by atoms with Gasteiger partial charge in [0.25, 0.3) is 11.5 Å².